The minimum atomic E-state index is -3.67. The summed E-state index contributed by atoms with van der Waals surface area (Å²) in [6.45, 7) is 4.50. The van der Waals surface area contributed by atoms with Gasteiger partial charge in [0.25, 0.3) is 0 Å². The maximum atomic E-state index is 13.1. The molecule has 1 heterocycles. The Balaban J connectivity index is 1.53. The predicted octanol–water partition coefficient (Wildman–Crippen LogP) is 2.15. The van der Waals surface area contributed by atoms with Gasteiger partial charge < -0.3 is 5.32 Å². The minimum Gasteiger partial charge on any atom is -0.351 e. The highest BCUT2D eigenvalue weighted by Crippen LogP contribution is 2.18. The predicted molar refractivity (Wildman–Crippen MR) is 109 cm³/mol. The molecule has 1 N–H and O–H groups in total. The molecule has 0 saturated carbocycles. The van der Waals surface area contributed by atoms with Crippen molar-refractivity contribution in [3.05, 3.63) is 65.5 Å². The van der Waals surface area contributed by atoms with Gasteiger partial charge in [0.15, 0.2) is 0 Å². The molecule has 0 atom stereocenters. The number of nitrogens with zero attached hydrogens (tertiary/aromatic N) is 2. The lowest BCUT2D eigenvalue weighted by Gasteiger charge is -2.21. The van der Waals surface area contributed by atoms with Crippen molar-refractivity contribution in [3.63, 3.8) is 0 Å². The Kier molecular flexibility index (Phi) is 7.00. The second-order valence-corrected chi connectivity index (χ2v) is 9.13. The van der Waals surface area contributed by atoms with Crippen LogP contribution < -0.4 is 5.32 Å². The molecule has 1 aliphatic rings. The second kappa shape index (κ2) is 9.47. The first-order valence-electron chi connectivity index (χ1n) is 9.65. The van der Waals surface area contributed by atoms with Crippen LogP contribution in [0.15, 0.2) is 53.4 Å². The number of aryl methyl sites for hydroxylation is 1. The van der Waals surface area contributed by atoms with Crippen molar-refractivity contribution in [2.75, 3.05) is 32.7 Å². The molecule has 1 saturated heterocycles. The molecule has 0 aromatic heterocycles. The molecule has 0 aliphatic carbocycles. The Morgan fingerprint density at radius 3 is 2.48 bits per heavy atom. The highest BCUT2D eigenvalue weighted by molar-refractivity contribution is 7.89. The second-order valence-electron chi connectivity index (χ2n) is 7.19. The largest absolute Gasteiger partial charge is 0.351 e. The highest BCUT2D eigenvalue weighted by atomic mass is 32.2. The summed E-state index contributed by atoms with van der Waals surface area (Å²) in [4.78, 5) is 14.4. The molecule has 0 bridgehead atoms. The molecule has 0 radical (unpaired) electrons. The van der Waals surface area contributed by atoms with Gasteiger partial charge in [-0.3, -0.25) is 9.69 Å². The molecule has 2 aromatic carbocycles. The average molecular weight is 420 g/mol. The van der Waals surface area contributed by atoms with Crippen molar-refractivity contribution in [2.24, 2.45) is 0 Å². The fraction of sp³-hybridized carbons (Fsp3) is 0.381. The third-order valence-corrected chi connectivity index (χ3v) is 7.02. The van der Waals surface area contributed by atoms with Gasteiger partial charge in [-0.2, -0.15) is 4.31 Å². The van der Waals surface area contributed by atoms with Crippen LogP contribution in [0.5, 0.6) is 0 Å². The Morgan fingerprint density at radius 1 is 1.03 bits per heavy atom. The Morgan fingerprint density at radius 2 is 1.76 bits per heavy atom. The third kappa shape index (κ3) is 5.62. The van der Waals surface area contributed by atoms with Crippen molar-refractivity contribution < 1.29 is 17.6 Å². The molecule has 6 nitrogen and oxygen atoms in total. The maximum absolute atomic E-state index is 13.1. The van der Waals surface area contributed by atoms with Gasteiger partial charge in [0.2, 0.25) is 15.9 Å². The van der Waals surface area contributed by atoms with Crippen molar-refractivity contribution in [3.8, 4) is 0 Å². The molecular weight excluding hydrogens is 393 g/mol. The summed E-state index contributed by atoms with van der Waals surface area (Å²) < 4.78 is 40.1. The Hall–Kier alpha value is -2.29. The number of halogens is 1. The first-order chi connectivity index (χ1) is 13.9. The quantitative estimate of drug-likeness (QED) is 0.779. The van der Waals surface area contributed by atoms with Crippen molar-refractivity contribution in [1.82, 2.24) is 14.5 Å². The van der Waals surface area contributed by atoms with Gasteiger partial charge in [0, 0.05) is 26.2 Å². The molecule has 1 amide bonds. The molecule has 0 unspecified atom stereocenters. The lowest BCUT2D eigenvalue weighted by molar-refractivity contribution is -0.122. The summed E-state index contributed by atoms with van der Waals surface area (Å²) in [5.41, 5.74) is 2.21. The lowest BCUT2D eigenvalue weighted by atomic mass is 10.1. The first-order valence-corrected chi connectivity index (χ1v) is 11.1. The van der Waals surface area contributed by atoms with Crippen LogP contribution in [0.4, 0.5) is 4.39 Å². The summed E-state index contributed by atoms with van der Waals surface area (Å²) in [5, 5.41) is 2.93. The number of rotatable bonds is 6. The molecule has 3 rings (SSSR count). The number of carbonyl (C=O) groups is 1. The standard InChI is InChI=1S/C21H26FN3O3S/c1-17-5-2-3-6-18(17)15-23-21(26)16-24-11-4-12-25(14-13-24)29(27,28)20-9-7-19(22)8-10-20/h2-3,5-10H,4,11-16H2,1H3,(H,23,26). The number of hydrogen-bond donors (Lipinski definition) is 1. The zero-order valence-electron chi connectivity index (χ0n) is 16.5. The zero-order valence-corrected chi connectivity index (χ0v) is 17.3. The highest BCUT2D eigenvalue weighted by Gasteiger charge is 2.27. The smallest absolute Gasteiger partial charge is 0.243 e. The van der Waals surface area contributed by atoms with Crippen LogP contribution in [0, 0.1) is 12.7 Å². The van der Waals surface area contributed by atoms with E-state index in [1.54, 1.807) is 0 Å². The molecule has 1 fully saturated rings. The van der Waals surface area contributed by atoms with Crippen LogP contribution in [0.1, 0.15) is 17.5 Å². The summed E-state index contributed by atoms with van der Waals surface area (Å²) in [6, 6.07) is 12.8. The SMILES string of the molecule is Cc1ccccc1CNC(=O)CN1CCCN(S(=O)(=O)c2ccc(F)cc2)CC1. The summed E-state index contributed by atoms with van der Waals surface area (Å²) in [7, 11) is -3.67. The average Bonchev–Trinajstić information content (AvgIpc) is 2.94. The molecule has 29 heavy (non-hydrogen) atoms. The van der Waals surface area contributed by atoms with Crippen molar-refractivity contribution in [2.45, 2.75) is 24.8 Å². The molecular formula is C21H26FN3O3S. The van der Waals surface area contributed by atoms with Crippen molar-refractivity contribution in [1.29, 1.82) is 0 Å². The lowest BCUT2D eigenvalue weighted by Crippen LogP contribution is -2.40. The van der Waals surface area contributed by atoms with E-state index in [9.17, 15) is 17.6 Å². The normalized spacial score (nSPS) is 16.3. The van der Waals surface area contributed by atoms with E-state index >= 15 is 0 Å². The van der Waals surface area contributed by atoms with Gasteiger partial charge in [0.1, 0.15) is 5.82 Å². The van der Waals surface area contributed by atoms with Gasteiger partial charge in [-0.25, -0.2) is 12.8 Å². The van der Waals surface area contributed by atoms with E-state index < -0.39 is 15.8 Å². The molecule has 2 aromatic rings. The van der Waals surface area contributed by atoms with Crippen LogP contribution in [0.3, 0.4) is 0 Å². The third-order valence-electron chi connectivity index (χ3n) is 5.10. The summed E-state index contributed by atoms with van der Waals surface area (Å²) in [5.74, 6) is -0.550. The number of hydrogen-bond acceptors (Lipinski definition) is 4. The number of sulfonamides is 1. The first kappa shape index (κ1) is 21.4. The van der Waals surface area contributed by atoms with Gasteiger partial charge >= 0.3 is 0 Å². The monoisotopic (exact) mass is 419 g/mol. The van der Waals surface area contributed by atoms with E-state index in [1.165, 1.54) is 16.4 Å². The molecule has 156 valence electrons. The van der Waals surface area contributed by atoms with Crippen LogP contribution >= 0.6 is 0 Å². The summed E-state index contributed by atoms with van der Waals surface area (Å²) in [6.07, 6.45) is 0.630. The van der Waals surface area contributed by atoms with Gasteiger partial charge in [0.05, 0.1) is 11.4 Å². The number of nitrogens with one attached hydrogen (secondary N) is 1. The van der Waals surface area contributed by atoms with Crippen LogP contribution in [0.25, 0.3) is 0 Å². The number of benzene rings is 2. The minimum absolute atomic E-state index is 0.0805. The van der Waals surface area contributed by atoms with Crippen LogP contribution in [-0.4, -0.2) is 56.3 Å². The Labute approximate surface area is 171 Å². The zero-order chi connectivity index (χ0) is 20.9. The molecule has 8 heteroatoms. The van der Waals surface area contributed by atoms with Crippen LogP contribution in [-0.2, 0) is 21.4 Å². The Bertz CT molecular complexity index is 948. The fourth-order valence-corrected chi connectivity index (χ4v) is 4.83. The maximum Gasteiger partial charge on any atom is 0.243 e. The van der Waals surface area contributed by atoms with E-state index in [2.05, 4.69) is 5.32 Å². The number of carbonyl (C=O) groups excluding carboxylic acids is 1. The van der Waals surface area contributed by atoms with E-state index in [1.807, 2.05) is 36.1 Å². The molecule has 0 spiro atoms. The van der Waals surface area contributed by atoms with Crippen molar-refractivity contribution >= 4 is 15.9 Å². The van der Waals surface area contributed by atoms with E-state index in [0.29, 0.717) is 39.1 Å². The van der Waals surface area contributed by atoms with Gasteiger partial charge in [-0.15, -0.1) is 0 Å². The fourth-order valence-electron chi connectivity index (χ4n) is 3.36. The van der Waals surface area contributed by atoms with E-state index in [-0.39, 0.29) is 17.3 Å². The number of amides is 1. The van der Waals surface area contributed by atoms with Gasteiger partial charge in [-0.05, 0) is 55.3 Å². The summed E-state index contributed by atoms with van der Waals surface area (Å²) >= 11 is 0. The molecule has 1 aliphatic heterocycles. The van der Waals surface area contributed by atoms with E-state index in [4.69, 9.17) is 0 Å². The van der Waals surface area contributed by atoms with Crippen LogP contribution in [0.2, 0.25) is 0 Å². The van der Waals surface area contributed by atoms with E-state index in [0.717, 1.165) is 23.3 Å². The topological polar surface area (TPSA) is 69.7 Å². The van der Waals surface area contributed by atoms with Gasteiger partial charge in [-0.1, -0.05) is 24.3 Å².